The van der Waals surface area contributed by atoms with Crippen LogP contribution in [0, 0.1) is 0 Å². The van der Waals surface area contributed by atoms with Gasteiger partial charge in [-0.25, -0.2) is 0 Å². The molecule has 0 fully saturated rings. The normalized spacial score (nSPS) is 11.8. The van der Waals surface area contributed by atoms with E-state index in [0.717, 1.165) is 24.8 Å². The average molecular weight is 289 g/mol. The number of methoxy groups -OCH3 is 1. The van der Waals surface area contributed by atoms with Crippen LogP contribution in [0.3, 0.4) is 0 Å². The highest BCUT2D eigenvalue weighted by Gasteiger charge is 2.33. The summed E-state index contributed by atoms with van der Waals surface area (Å²) in [5.41, 5.74) is 7.19. The van der Waals surface area contributed by atoms with Gasteiger partial charge < -0.3 is 15.0 Å². The van der Waals surface area contributed by atoms with Crippen molar-refractivity contribution in [2.45, 2.75) is 38.7 Å². The molecule has 2 rings (SSSR count). The Kier molecular flexibility index (Phi) is 5.09. The lowest BCUT2D eigenvalue weighted by Gasteiger charge is -2.25. The van der Waals surface area contributed by atoms with Gasteiger partial charge in [0.15, 0.2) is 0 Å². The molecule has 1 aromatic heterocycles. The Morgan fingerprint density at radius 2 is 1.86 bits per heavy atom. The Morgan fingerprint density at radius 1 is 1.19 bits per heavy atom. The van der Waals surface area contributed by atoms with E-state index in [1.165, 1.54) is 5.56 Å². The van der Waals surface area contributed by atoms with E-state index < -0.39 is 5.60 Å². The maximum absolute atomic E-state index is 5.62. The van der Waals surface area contributed by atoms with Crippen LogP contribution in [0.1, 0.15) is 38.1 Å². The fourth-order valence-corrected chi connectivity index (χ4v) is 2.45. The Hall–Kier alpha value is -1.72. The van der Waals surface area contributed by atoms with Gasteiger partial charge in [0.1, 0.15) is 5.60 Å². The van der Waals surface area contributed by atoms with E-state index in [2.05, 4.69) is 24.0 Å². The first kappa shape index (κ1) is 15.7. The van der Waals surface area contributed by atoms with E-state index in [0.29, 0.717) is 18.3 Å². The van der Waals surface area contributed by atoms with Crippen molar-refractivity contribution in [2.24, 2.45) is 5.73 Å². The highest BCUT2D eigenvalue weighted by molar-refractivity contribution is 5.53. The van der Waals surface area contributed by atoms with Crippen LogP contribution < -0.4 is 5.73 Å². The van der Waals surface area contributed by atoms with Gasteiger partial charge in [-0.2, -0.15) is 4.98 Å². The third-order valence-electron chi connectivity index (χ3n) is 4.00. The van der Waals surface area contributed by atoms with Crippen molar-refractivity contribution in [1.82, 2.24) is 10.1 Å². The smallest absolute Gasteiger partial charge is 0.258 e. The second kappa shape index (κ2) is 6.83. The Bertz CT molecular complexity index is 551. The van der Waals surface area contributed by atoms with E-state index >= 15 is 0 Å². The molecule has 0 saturated heterocycles. The van der Waals surface area contributed by atoms with Crippen LogP contribution >= 0.6 is 0 Å². The molecule has 0 spiro atoms. The van der Waals surface area contributed by atoms with Crippen molar-refractivity contribution in [3.63, 3.8) is 0 Å². The fraction of sp³-hybridized carbons (Fsp3) is 0.500. The van der Waals surface area contributed by atoms with E-state index in [4.69, 9.17) is 15.0 Å². The van der Waals surface area contributed by atoms with Gasteiger partial charge in [0.05, 0.1) is 0 Å². The third kappa shape index (κ3) is 3.14. The molecular weight excluding hydrogens is 266 g/mol. The summed E-state index contributed by atoms with van der Waals surface area (Å²) in [5.74, 6) is 1.13. The zero-order valence-corrected chi connectivity index (χ0v) is 12.9. The van der Waals surface area contributed by atoms with Gasteiger partial charge in [-0.05, 0) is 43.5 Å². The van der Waals surface area contributed by atoms with Crippen LogP contribution in [-0.4, -0.2) is 23.8 Å². The average Bonchev–Trinajstić information content (AvgIpc) is 3.01. The van der Waals surface area contributed by atoms with Crippen molar-refractivity contribution >= 4 is 0 Å². The maximum atomic E-state index is 5.62. The van der Waals surface area contributed by atoms with E-state index in [1.807, 2.05) is 24.3 Å². The van der Waals surface area contributed by atoms with Crippen molar-refractivity contribution in [1.29, 1.82) is 0 Å². The van der Waals surface area contributed by atoms with Crippen LogP contribution in [-0.2, 0) is 16.8 Å². The minimum absolute atomic E-state index is 0.471. The topological polar surface area (TPSA) is 74.2 Å². The minimum atomic E-state index is -0.471. The summed E-state index contributed by atoms with van der Waals surface area (Å²) >= 11 is 0. The maximum Gasteiger partial charge on any atom is 0.258 e. The van der Waals surface area contributed by atoms with Crippen molar-refractivity contribution in [2.75, 3.05) is 13.7 Å². The Balaban J connectivity index is 2.26. The molecule has 1 heterocycles. The summed E-state index contributed by atoms with van der Waals surface area (Å²) < 4.78 is 11.0. The molecule has 0 atom stereocenters. The number of hydrogen-bond acceptors (Lipinski definition) is 5. The first-order chi connectivity index (χ1) is 10.2. The van der Waals surface area contributed by atoms with Gasteiger partial charge >= 0.3 is 0 Å². The number of benzene rings is 1. The first-order valence-corrected chi connectivity index (χ1v) is 7.37. The van der Waals surface area contributed by atoms with E-state index in [9.17, 15) is 0 Å². The van der Waals surface area contributed by atoms with Crippen LogP contribution in [0.25, 0.3) is 11.5 Å². The molecule has 2 aromatic rings. The lowest BCUT2D eigenvalue weighted by Crippen LogP contribution is -2.28. The van der Waals surface area contributed by atoms with Gasteiger partial charge in [-0.15, -0.1) is 0 Å². The molecule has 5 heteroatoms. The minimum Gasteiger partial charge on any atom is -0.370 e. The van der Waals surface area contributed by atoms with Gasteiger partial charge in [-0.3, -0.25) is 0 Å². The molecule has 5 nitrogen and oxygen atoms in total. The number of nitrogens with two attached hydrogens (primary N) is 1. The molecule has 2 N–H and O–H groups in total. The predicted molar refractivity (Wildman–Crippen MR) is 81.8 cm³/mol. The molecule has 21 heavy (non-hydrogen) atoms. The van der Waals surface area contributed by atoms with E-state index in [1.54, 1.807) is 7.11 Å². The van der Waals surface area contributed by atoms with Gasteiger partial charge in [0.25, 0.3) is 5.89 Å². The SMILES string of the molecule is CCC(CC)(OC)c1noc(-c2ccc(CCN)cc2)n1. The summed E-state index contributed by atoms with van der Waals surface area (Å²) in [5, 5.41) is 4.11. The summed E-state index contributed by atoms with van der Waals surface area (Å²) in [6.07, 6.45) is 2.47. The van der Waals surface area contributed by atoms with Crippen molar-refractivity contribution < 1.29 is 9.26 Å². The number of hydrogen-bond donors (Lipinski definition) is 1. The predicted octanol–water partition coefficient (Wildman–Crippen LogP) is 2.90. The lowest BCUT2D eigenvalue weighted by atomic mass is 9.96. The third-order valence-corrected chi connectivity index (χ3v) is 4.00. The number of nitrogens with zero attached hydrogens (tertiary/aromatic N) is 2. The standard InChI is InChI=1S/C16H23N3O2/c1-4-16(5-2,20-3)15-18-14(21-19-15)13-8-6-12(7-9-13)10-11-17/h6-9H,4-5,10-11,17H2,1-3H3. The monoisotopic (exact) mass is 289 g/mol. The van der Waals surface area contributed by atoms with Crippen LogP contribution in [0.4, 0.5) is 0 Å². The Labute approximate surface area is 125 Å². The molecule has 0 saturated carbocycles. The van der Waals surface area contributed by atoms with Gasteiger partial charge in [0, 0.05) is 12.7 Å². The first-order valence-electron chi connectivity index (χ1n) is 7.37. The molecule has 1 aromatic carbocycles. The van der Waals surface area contributed by atoms with Crippen molar-refractivity contribution in [3.05, 3.63) is 35.7 Å². The summed E-state index contributed by atoms with van der Waals surface area (Å²) in [6, 6.07) is 8.04. The van der Waals surface area contributed by atoms with Crippen LogP contribution in [0.5, 0.6) is 0 Å². The molecule has 0 aliphatic rings. The zero-order chi connectivity index (χ0) is 15.3. The van der Waals surface area contributed by atoms with E-state index in [-0.39, 0.29) is 0 Å². The molecule has 0 radical (unpaired) electrons. The second-order valence-corrected chi connectivity index (χ2v) is 5.06. The summed E-state index contributed by atoms with van der Waals surface area (Å²) in [6.45, 7) is 4.77. The quantitative estimate of drug-likeness (QED) is 0.848. The molecule has 114 valence electrons. The van der Waals surface area contributed by atoms with Gasteiger partial charge in [-0.1, -0.05) is 31.1 Å². The van der Waals surface area contributed by atoms with Crippen LogP contribution in [0.15, 0.2) is 28.8 Å². The largest absolute Gasteiger partial charge is 0.370 e. The van der Waals surface area contributed by atoms with Crippen molar-refractivity contribution in [3.8, 4) is 11.5 Å². The summed E-state index contributed by atoms with van der Waals surface area (Å²) in [4.78, 5) is 4.51. The second-order valence-electron chi connectivity index (χ2n) is 5.06. The van der Waals surface area contributed by atoms with Crippen LogP contribution in [0.2, 0.25) is 0 Å². The van der Waals surface area contributed by atoms with Gasteiger partial charge in [0.2, 0.25) is 5.82 Å². The number of ether oxygens (including phenoxy) is 1. The number of aromatic nitrogens is 2. The molecule has 0 amide bonds. The summed E-state index contributed by atoms with van der Waals surface area (Å²) in [7, 11) is 1.69. The molecule has 0 bridgehead atoms. The highest BCUT2D eigenvalue weighted by Crippen LogP contribution is 2.31. The highest BCUT2D eigenvalue weighted by atomic mass is 16.5. The Morgan fingerprint density at radius 3 is 2.38 bits per heavy atom. The number of rotatable bonds is 7. The molecular formula is C16H23N3O2. The zero-order valence-electron chi connectivity index (χ0n) is 12.9. The molecule has 0 aliphatic heterocycles. The lowest BCUT2D eigenvalue weighted by molar-refractivity contribution is -0.0306. The fourth-order valence-electron chi connectivity index (χ4n) is 2.45. The molecule has 0 aliphatic carbocycles. The molecule has 0 unspecified atom stereocenters.